The van der Waals surface area contributed by atoms with E-state index in [9.17, 15) is 9.90 Å². The number of esters is 1. The maximum atomic E-state index is 11.4. The van der Waals surface area contributed by atoms with Crippen molar-refractivity contribution in [2.45, 2.75) is 19.8 Å². The average molecular weight is 206 g/mol. The molecule has 0 aliphatic heterocycles. The fraction of sp³-hybridized carbons (Fsp3) is 0.250. The van der Waals surface area contributed by atoms with Gasteiger partial charge in [-0.1, -0.05) is 26.5 Å². The summed E-state index contributed by atoms with van der Waals surface area (Å²) in [5.41, 5.74) is 1.14. The van der Waals surface area contributed by atoms with Crippen molar-refractivity contribution < 1.29 is 14.6 Å². The quantitative estimate of drug-likeness (QED) is 0.611. The van der Waals surface area contributed by atoms with Crippen LogP contribution in [0, 0.1) is 0 Å². The monoisotopic (exact) mass is 206 g/mol. The fourth-order valence-electron chi connectivity index (χ4n) is 1.22. The second kappa shape index (κ2) is 4.64. The fourth-order valence-corrected chi connectivity index (χ4v) is 1.22. The standard InChI is InChI=1S/C12H14O3/c1-4-15-12(14)10-7-9(8(2)3)5-6-11(10)13/h4-8,13H,1H2,2-3H3. The third-order valence-corrected chi connectivity index (χ3v) is 2.10. The van der Waals surface area contributed by atoms with Gasteiger partial charge in [0.25, 0.3) is 0 Å². The Morgan fingerprint density at radius 3 is 2.73 bits per heavy atom. The summed E-state index contributed by atoms with van der Waals surface area (Å²) in [6.45, 7) is 7.31. The molecule has 0 spiro atoms. The van der Waals surface area contributed by atoms with Crippen LogP contribution in [0.1, 0.15) is 35.7 Å². The third-order valence-electron chi connectivity index (χ3n) is 2.10. The molecule has 0 heterocycles. The molecular formula is C12H14O3. The topological polar surface area (TPSA) is 46.5 Å². The highest BCUT2D eigenvalue weighted by Crippen LogP contribution is 2.23. The summed E-state index contributed by atoms with van der Waals surface area (Å²) in [4.78, 5) is 11.4. The molecule has 0 amide bonds. The van der Waals surface area contributed by atoms with Gasteiger partial charge in [-0.3, -0.25) is 0 Å². The molecule has 0 radical (unpaired) electrons. The second-order valence-corrected chi connectivity index (χ2v) is 3.50. The van der Waals surface area contributed by atoms with E-state index >= 15 is 0 Å². The number of rotatable bonds is 3. The van der Waals surface area contributed by atoms with E-state index in [2.05, 4.69) is 11.3 Å². The lowest BCUT2D eigenvalue weighted by atomic mass is 10.0. The number of carbonyl (C=O) groups is 1. The van der Waals surface area contributed by atoms with Crippen LogP contribution in [-0.2, 0) is 4.74 Å². The van der Waals surface area contributed by atoms with Gasteiger partial charge in [-0.15, -0.1) is 0 Å². The van der Waals surface area contributed by atoms with Crippen LogP contribution in [-0.4, -0.2) is 11.1 Å². The number of phenolic OH excluding ortho intramolecular Hbond substituents is 1. The summed E-state index contributed by atoms with van der Waals surface area (Å²) in [7, 11) is 0. The maximum Gasteiger partial charge on any atom is 0.346 e. The van der Waals surface area contributed by atoms with Crippen LogP contribution in [0.15, 0.2) is 31.0 Å². The molecule has 1 rings (SSSR count). The number of phenols is 1. The van der Waals surface area contributed by atoms with Crippen molar-refractivity contribution in [3.05, 3.63) is 42.2 Å². The summed E-state index contributed by atoms with van der Waals surface area (Å²) < 4.78 is 4.61. The first kappa shape index (κ1) is 11.3. The molecule has 0 unspecified atom stereocenters. The molecule has 15 heavy (non-hydrogen) atoms. The van der Waals surface area contributed by atoms with Crippen LogP contribution in [0.4, 0.5) is 0 Å². The van der Waals surface area contributed by atoms with E-state index in [0.717, 1.165) is 11.8 Å². The Hall–Kier alpha value is -1.77. The van der Waals surface area contributed by atoms with Crippen LogP contribution < -0.4 is 0 Å². The highest BCUT2D eigenvalue weighted by Gasteiger charge is 2.13. The summed E-state index contributed by atoms with van der Waals surface area (Å²) in [5, 5.41) is 9.48. The molecule has 1 aromatic rings. The molecule has 3 heteroatoms. The Bertz CT molecular complexity index is 380. The van der Waals surface area contributed by atoms with E-state index in [1.807, 2.05) is 13.8 Å². The predicted octanol–water partition coefficient (Wildman–Crippen LogP) is 2.82. The van der Waals surface area contributed by atoms with Crippen LogP contribution in [0.2, 0.25) is 0 Å². The van der Waals surface area contributed by atoms with Gasteiger partial charge in [-0.25, -0.2) is 4.79 Å². The van der Waals surface area contributed by atoms with Crippen molar-refractivity contribution in [3.63, 3.8) is 0 Å². The lowest BCUT2D eigenvalue weighted by molar-refractivity contribution is 0.0661. The van der Waals surface area contributed by atoms with Crippen LogP contribution in [0.3, 0.4) is 0 Å². The first-order valence-electron chi connectivity index (χ1n) is 4.71. The summed E-state index contributed by atoms with van der Waals surface area (Å²) in [6, 6.07) is 4.91. The second-order valence-electron chi connectivity index (χ2n) is 3.50. The Balaban J connectivity index is 3.10. The normalized spacial score (nSPS) is 10.1. The zero-order chi connectivity index (χ0) is 11.4. The van der Waals surface area contributed by atoms with E-state index in [1.165, 1.54) is 6.07 Å². The molecule has 0 atom stereocenters. The lowest BCUT2D eigenvalue weighted by Crippen LogP contribution is -2.02. The first-order chi connectivity index (χ1) is 7.06. The minimum Gasteiger partial charge on any atom is -0.507 e. The molecule has 0 saturated carbocycles. The highest BCUT2D eigenvalue weighted by atomic mass is 16.5. The number of benzene rings is 1. The average Bonchev–Trinajstić information content (AvgIpc) is 2.18. The van der Waals surface area contributed by atoms with Gasteiger partial charge in [0.15, 0.2) is 0 Å². The zero-order valence-corrected chi connectivity index (χ0v) is 8.86. The number of aromatic hydroxyl groups is 1. The minimum absolute atomic E-state index is 0.0775. The third kappa shape index (κ3) is 2.59. The highest BCUT2D eigenvalue weighted by molar-refractivity contribution is 5.92. The van der Waals surface area contributed by atoms with Gasteiger partial charge in [0.05, 0.1) is 6.26 Å². The van der Waals surface area contributed by atoms with Crippen LogP contribution in [0.25, 0.3) is 0 Å². The van der Waals surface area contributed by atoms with E-state index in [4.69, 9.17) is 0 Å². The van der Waals surface area contributed by atoms with Gasteiger partial charge in [-0.05, 0) is 23.6 Å². The van der Waals surface area contributed by atoms with E-state index in [-0.39, 0.29) is 11.3 Å². The Labute approximate surface area is 89.0 Å². The van der Waals surface area contributed by atoms with Gasteiger partial charge in [0, 0.05) is 0 Å². The Morgan fingerprint density at radius 1 is 1.53 bits per heavy atom. The number of ether oxygens (including phenoxy) is 1. The SMILES string of the molecule is C=COC(=O)c1cc(C(C)C)ccc1O. The molecule has 0 aliphatic carbocycles. The van der Waals surface area contributed by atoms with Gasteiger partial charge in [0.2, 0.25) is 0 Å². The summed E-state index contributed by atoms with van der Waals surface area (Å²) in [6.07, 6.45) is 1.05. The Morgan fingerprint density at radius 2 is 2.20 bits per heavy atom. The van der Waals surface area contributed by atoms with Gasteiger partial charge in [0.1, 0.15) is 11.3 Å². The molecule has 0 bridgehead atoms. The van der Waals surface area contributed by atoms with E-state index < -0.39 is 5.97 Å². The van der Waals surface area contributed by atoms with Gasteiger partial charge >= 0.3 is 5.97 Å². The molecule has 0 aliphatic rings. The smallest absolute Gasteiger partial charge is 0.346 e. The molecular weight excluding hydrogens is 192 g/mol. The molecule has 1 aromatic carbocycles. The maximum absolute atomic E-state index is 11.4. The molecule has 1 N–H and O–H groups in total. The molecule has 3 nitrogen and oxygen atoms in total. The van der Waals surface area contributed by atoms with Gasteiger partial charge < -0.3 is 9.84 Å². The summed E-state index contributed by atoms with van der Waals surface area (Å²) >= 11 is 0. The van der Waals surface area contributed by atoms with Crippen LogP contribution in [0.5, 0.6) is 5.75 Å². The number of carbonyl (C=O) groups excluding carboxylic acids is 1. The van der Waals surface area contributed by atoms with Crippen molar-refractivity contribution in [2.75, 3.05) is 0 Å². The molecule has 0 fully saturated rings. The minimum atomic E-state index is -0.593. The van der Waals surface area contributed by atoms with Crippen LogP contribution >= 0.6 is 0 Å². The molecule has 0 saturated heterocycles. The zero-order valence-electron chi connectivity index (χ0n) is 8.86. The Kier molecular flexibility index (Phi) is 3.50. The van der Waals surface area contributed by atoms with E-state index in [0.29, 0.717) is 5.92 Å². The van der Waals surface area contributed by atoms with E-state index in [1.54, 1.807) is 12.1 Å². The number of hydrogen-bond donors (Lipinski definition) is 1. The van der Waals surface area contributed by atoms with Crippen molar-refractivity contribution in [1.29, 1.82) is 0 Å². The molecule has 80 valence electrons. The van der Waals surface area contributed by atoms with Crippen molar-refractivity contribution >= 4 is 5.97 Å². The molecule has 0 aromatic heterocycles. The lowest BCUT2D eigenvalue weighted by Gasteiger charge is -2.08. The largest absolute Gasteiger partial charge is 0.507 e. The number of hydrogen-bond acceptors (Lipinski definition) is 3. The van der Waals surface area contributed by atoms with Gasteiger partial charge in [-0.2, -0.15) is 0 Å². The van der Waals surface area contributed by atoms with Crippen molar-refractivity contribution in [1.82, 2.24) is 0 Å². The summed E-state index contributed by atoms with van der Waals surface area (Å²) in [5.74, 6) is -0.378. The predicted molar refractivity (Wildman–Crippen MR) is 57.8 cm³/mol. The van der Waals surface area contributed by atoms with Crippen molar-refractivity contribution in [3.8, 4) is 5.75 Å². The van der Waals surface area contributed by atoms with Crippen molar-refractivity contribution in [2.24, 2.45) is 0 Å². The first-order valence-corrected chi connectivity index (χ1v) is 4.71.